The van der Waals surface area contributed by atoms with Gasteiger partial charge in [0, 0.05) is 26.1 Å². The third kappa shape index (κ3) is 4.30. The van der Waals surface area contributed by atoms with Crippen LogP contribution in [0.4, 0.5) is 18.9 Å². The topological polar surface area (TPSA) is 66.5 Å². The Kier molecular flexibility index (Phi) is 5.64. The highest BCUT2D eigenvalue weighted by atomic mass is 32.2. The summed E-state index contributed by atoms with van der Waals surface area (Å²) in [7, 11) is -5.45. The minimum Gasteiger partial charge on any atom is -0.380 e. The number of nitrogens with one attached hydrogen (secondary N) is 1. The highest BCUT2D eigenvalue weighted by Gasteiger charge is 2.47. The maximum atomic E-state index is 12.9. The number of sulfone groups is 1. The predicted molar refractivity (Wildman–Crippen MR) is 98.1 cm³/mol. The molecule has 0 atom stereocenters. The van der Waals surface area contributed by atoms with E-state index in [0.29, 0.717) is 19.5 Å². The van der Waals surface area contributed by atoms with E-state index >= 15 is 0 Å². The second kappa shape index (κ2) is 7.83. The number of carbonyl (C=O) groups excluding carboxylic acids is 1. The average molecular weight is 412 g/mol. The van der Waals surface area contributed by atoms with Gasteiger partial charge in [0.2, 0.25) is 5.91 Å². The monoisotopic (exact) mass is 412 g/mol. The van der Waals surface area contributed by atoms with Crippen molar-refractivity contribution >= 4 is 21.4 Å². The van der Waals surface area contributed by atoms with Crippen LogP contribution in [-0.4, -0.2) is 31.3 Å². The molecule has 2 aromatic rings. The van der Waals surface area contributed by atoms with Crippen LogP contribution in [0.25, 0.3) is 0 Å². The molecule has 28 heavy (non-hydrogen) atoms. The van der Waals surface area contributed by atoms with E-state index in [9.17, 15) is 26.4 Å². The molecule has 2 aromatic carbocycles. The molecule has 0 radical (unpaired) electrons. The SMILES string of the molecule is O=C1CCCN1Cc1cccc(CNc2ccccc2S(=O)(=O)C(F)(F)F)c1. The number of halogens is 3. The average Bonchev–Trinajstić information content (AvgIpc) is 3.04. The Hall–Kier alpha value is -2.55. The van der Waals surface area contributed by atoms with E-state index in [1.54, 1.807) is 17.0 Å². The Balaban J connectivity index is 1.75. The first kappa shape index (κ1) is 20.2. The molecular formula is C19H19F3N2O3S. The van der Waals surface area contributed by atoms with Gasteiger partial charge in [-0.2, -0.15) is 13.2 Å². The van der Waals surface area contributed by atoms with Crippen LogP contribution in [0.15, 0.2) is 53.4 Å². The third-order valence-corrected chi connectivity index (χ3v) is 6.04. The number of hydrogen-bond acceptors (Lipinski definition) is 4. The first-order valence-corrected chi connectivity index (χ1v) is 10.2. The lowest BCUT2D eigenvalue weighted by molar-refractivity contribution is -0.128. The lowest BCUT2D eigenvalue weighted by Crippen LogP contribution is -2.24. The lowest BCUT2D eigenvalue weighted by Gasteiger charge is -2.17. The fourth-order valence-corrected chi connectivity index (χ4v) is 4.04. The molecule has 1 aliphatic heterocycles. The molecule has 1 N–H and O–H groups in total. The molecule has 0 aliphatic carbocycles. The van der Waals surface area contributed by atoms with Gasteiger partial charge in [-0.1, -0.05) is 36.4 Å². The number of likely N-dealkylation sites (tertiary alicyclic amines) is 1. The zero-order valence-corrected chi connectivity index (χ0v) is 15.7. The number of carbonyl (C=O) groups is 1. The summed E-state index contributed by atoms with van der Waals surface area (Å²) in [5.41, 5.74) is -3.80. The molecule has 1 heterocycles. The van der Waals surface area contributed by atoms with Crippen molar-refractivity contribution in [2.75, 3.05) is 11.9 Å². The summed E-state index contributed by atoms with van der Waals surface area (Å²) in [6.07, 6.45) is 1.39. The fourth-order valence-electron chi connectivity index (χ4n) is 3.10. The van der Waals surface area contributed by atoms with E-state index in [0.717, 1.165) is 23.6 Å². The number of benzene rings is 2. The van der Waals surface area contributed by atoms with E-state index in [2.05, 4.69) is 5.32 Å². The first-order valence-electron chi connectivity index (χ1n) is 8.68. The summed E-state index contributed by atoms with van der Waals surface area (Å²) in [5, 5.41) is 2.78. The van der Waals surface area contributed by atoms with Crippen LogP contribution in [0.2, 0.25) is 0 Å². The molecule has 0 bridgehead atoms. The third-order valence-electron chi connectivity index (χ3n) is 4.50. The zero-order chi connectivity index (χ0) is 20.4. The molecule has 1 amide bonds. The number of rotatable bonds is 6. The van der Waals surface area contributed by atoms with Crippen molar-refractivity contribution < 1.29 is 26.4 Å². The number of alkyl halides is 3. The van der Waals surface area contributed by atoms with Gasteiger partial charge >= 0.3 is 5.51 Å². The van der Waals surface area contributed by atoms with Gasteiger partial charge in [0.05, 0.1) is 10.6 Å². The standard InChI is InChI=1S/C19H19F3N2O3S/c20-19(21,22)28(26,27)17-8-2-1-7-16(17)23-12-14-5-3-6-15(11-14)13-24-10-4-9-18(24)25/h1-3,5-8,11,23H,4,9-10,12-13H2. The Morgan fingerprint density at radius 2 is 1.75 bits per heavy atom. The van der Waals surface area contributed by atoms with Crippen molar-refractivity contribution in [3.8, 4) is 0 Å². The molecule has 0 unspecified atom stereocenters. The number of anilines is 1. The summed E-state index contributed by atoms with van der Waals surface area (Å²) in [5.74, 6) is 0.106. The first-order chi connectivity index (χ1) is 13.2. The van der Waals surface area contributed by atoms with Gasteiger partial charge in [-0.05, 0) is 29.7 Å². The number of nitrogens with zero attached hydrogens (tertiary/aromatic N) is 1. The molecule has 9 heteroatoms. The molecule has 0 spiro atoms. The normalized spacial score (nSPS) is 15.1. The van der Waals surface area contributed by atoms with E-state index < -0.39 is 20.2 Å². The Labute approximate surface area is 161 Å². The second-order valence-corrected chi connectivity index (χ2v) is 8.45. The minimum absolute atomic E-state index is 0.106. The molecule has 3 rings (SSSR count). The van der Waals surface area contributed by atoms with Gasteiger partial charge in [-0.15, -0.1) is 0 Å². The maximum absolute atomic E-state index is 12.9. The smallest absolute Gasteiger partial charge is 0.380 e. The molecule has 0 aromatic heterocycles. The van der Waals surface area contributed by atoms with Crippen LogP contribution < -0.4 is 5.32 Å². The summed E-state index contributed by atoms with van der Waals surface area (Å²) in [6.45, 7) is 1.34. The highest BCUT2D eigenvalue weighted by molar-refractivity contribution is 7.92. The maximum Gasteiger partial charge on any atom is 0.501 e. The summed E-state index contributed by atoms with van der Waals surface area (Å²) >= 11 is 0. The van der Waals surface area contributed by atoms with Crippen molar-refractivity contribution in [1.82, 2.24) is 4.90 Å². The van der Waals surface area contributed by atoms with E-state index in [4.69, 9.17) is 0 Å². The summed E-state index contributed by atoms with van der Waals surface area (Å²) in [6, 6.07) is 12.2. The van der Waals surface area contributed by atoms with Crippen molar-refractivity contribution in [2.45, 2.75) is 36.3 Å². The Morgan fingerprint density at radius 1 is 1.04 bits per heavy atom. The number of amides is 1. The molecule has 1 aliphatic rings. The highest BCUT2D eigenvalue weighted by Crippen LogP contribution is 2.34. The summed E-state index contributed by atoms with van der Waals surface area (Å²) < 4.78 is 62.2. The van der Waals surface area contributed by atoms with E-state index in [1.807, 2.05) is 12.1 Å². The van der Waals surface area contributed by atoms with E-state index in [-0.39, 0.29) is 18.1 Å². The van der Waals surface area contributed by atoms with Gasteiger partial charge in [0.15, 0.2) is 0 Å². The van der Waals surface area contributed by atoms with Gasteiger partial charge < -0.3 is 10.2 Å². The zero-order valence-electron chi connectivity index (χ0n) is 14.9. The van der Waals surface area contributed by atoms with E-state index in [1.165, 1.54) is 18.2 Å². The second-order valence-electron chi connectivity index (χ2n) is 6.54. The predicted octanol–water partition coefficient (Wildman–Crippen LogP) is 3.71. The number of hydrogen-bond donors (Lipinski definition) is 1. The van der Waals surface area contributed by atoms with Crippen LogP contribution in [0.5, 0.6) is 0 Å². The molecule has 0 saturated carbocycles. The molecule has 5 nitrogen and oxygen atoms in total. The van der Waals surface area contributed by atoms with Crippen LogP contribution >= 0.6 is 0 Å². The van der Waals surface area contributed by atoms with Crippen molar-refractivity contribution in [2.24, 2.45) is 0 Å². The van der Waals surface area contributed by atoms with Crippen LogP contribution in [0.3, 0.4) is 0 Å². The molecular weight excluding hydrogens is 393 g/mol. The van der Waals surface area contributed by atoms with Crippen molar-refractivity contribution in [3.63, 3.8) is 0 Å². The van der Waals surface area contributed by atoms with Gasteiger partial charge in [-0.25, -0.2) is 8.42 Å². The Morgan fingerprint density at radius 3 is 2.43 bits per heavy atom. The van der Waals surface area contributed by atoms with Crippen LogP contribution in [0, 0.1) is 0 Å². The van der Waals surface area contributed by atoms with Gasteiger partial charge in [0.1, 0.15) is 0 Å². The van der Waals surface area contributed by atoms with Crippen LogP contribution in [0.1, 0.15) is 24.0 Å². The van der Waals surface area contributed by atoms with Gasteiger partial charge in [-0.3, -0.25) is 4.79 Å². The van der Waals surface area contributed by atoms with Crippen molar-refractivity contribution in [1.29, 1.82) is 0 Å². The number of para-hydroxylation sites is 1. The molecule has 1 saturated heterocycles. The minimum atomic E-state index is -5.45. The molecule has 1 fully saturated rings. The van der Waals surface area contributed by atoms with Gasteiger partial charge in [0.25, 0.3) is 9.84 Å². The quantitative estimate of drug-likeness (QED) is 0.786. The summed E-state index contributed by atoms with van der Waals surface area (Å²) in [4.78, 5) is 12.7. The largest absolute Gasteiger partial charge is 0.501 e. The molecule has 150 valence electrons. The van der Waals surface area contributed by atoms with Crippen LogP contribution in [-0.2, 0) is 27.7 Å². The van der Waals surface area contributed by atoms with Crippen molar-refractivity contribution in [3.05, 3.63) is 59.7 Å². The fraction of sp³-hybridized carbons (Fsp3) is 0.316. The lowest BCUT2D eigenvalue weighted by atomic mass is 10.1. The Bertz CT molecular complexity index is 974.